The number of H-pyrrole nitrogens is 2. The molecule has 0 amide bonds. The van der Waals surface area contributed by atoms with E-state index >= 15 is 0 Å². The van der Waals surface area contributed by atoms with Crippen molar-refractivity contribution in [2.45, 2.75) is 46.1 Å². The Balaban J connectivity index is 1.29. The molecule has 8 nitrogen and oxygen atoms in total. The van der Waals surface area contributed by atoms with Crippen molar-refractivity contribution in [2.24, 2.45) is 5.92 Å². The smallest absolute Gasteiger partial charge is 0.181 e. The van der Waals surface area contributed by atoms with Gasteiger partial charge in [0, 0.05) is 52.4 Å². The first kappa shape index (κ1) is 27.0. The minimum absolute atomic E-state index is 0.0481. The third-order valence-electron chi connectivity index (χ3n) is 7.65. The molecule has 5 heterocycles. The lowest BCUT2D eigenvalue weighted by atomic mass is 10.1. The zero-order valence-electron chi connectivity index (χ0n) is 23.3. The molecule has 3 N–H and O–H groups in total. The predicted molar refractivity (Wildman–Crippen MR) is 165 cm³/mol. The molecule has 5 aromatic rings. The number of aromatic nitrogens is 6. The van der Waals surface area contributed by atoms with Crippen LogP contribution in [0.4, 0.5) is 0 Å². The fourth-order valence-corrected chi connectivity index (χ4v) is 6.45. The Hall–Kier alpha value is -4.21. The lowest BCUT2D eigenvalue weighted by Crippen LogP contribution is -2.20. The van der Waals surface area contributed by atoms with Crippen LogP contribution in [-0.2, 0) is 6.54 Å². The van der Waals surface area contributed by atoms with Gasteiger partial charge in [-0.15, -0.1) is 11.3 Å². The van der Waals surface area contributed by atoms with Gasteiger partial charge >= 0.3 is 0 Å². The highest BCUT2D eigenvalue weighted by atomic mass is 32.1. The number of pyridine rings is 2. The number of nitrogens with zero attached hydrogens (tertiary/aromatic N) is 4. The molecule has 0 saturated heterocycles. The summed E-state index contributed by atoms with van der Waals surface area (Å²) in [4.78, 5) is 31.1. The second kappa shape index (κ2) is 11.7. The van der Waals surface area contributed by atoms with Gasteiger partial charge in [-0.1, -0.05) is 31.6 Å². The zero-order valence-corrected chi connectivity index (χ0v) is 24.1. The van der Waals surface area contributed by atoms with E-state index in [1.165, 1.54) is 37.0 Å². The molecule has 1 aliphatic rings. The summed E-state index contributed by atoms with van der Waals surface area (Å²) in [7, 11) is 0. The highest BCUT2D eigenvalue weighted by Crippen LogP contribution is 2.34. The van der Waals surface area contributed by atoms with Crippen LogP contribution in [0.5, 0.6) is 0 Å². The van der Waals surface area contributed by atoms with Crippen LogP contribution in [0.15, 0.2) is 61.6 Å². The molecule has 0 aliphatic heterocycles. The number of allylic oxidation sites excluding steroid dienone is 2. The molecule has 208 valence electrons. The zero-order chi connectivity index (χ0) is 28.3. The molecule has 6 rings (SSSR count). The second-order valence-corrected chi connectivity index (χ2v) is 11.7. The van der Waals surface area contributed by atoms with E-state index in [1.807, 2.05) is 43.7 Å². The van der Waals surface area contributed by atoms with Crippen molar-refractivity contribution in [3.8, 4) is 22.6 Å². The van der Waals surface area contributed by atoms with E-state index in [9.17, 15) is 4.79 Å². The Morgan fingerprint density at radius 2 is 1.95 bits per heavy atom. The summed E-state index contributed by atoms with van der Waals surface area (Å²) >= 11 is 1.45. The van der Waals surface area contributed by atoms with Gasteiger partial charge in [0.1, 0.15) is 5.69 Å². The number of carbonyl (C=O) groups excluding carboxylic acids is 1. The number of aryl methyl sites for hydroxylation is 1. The number of Topliss-reactive ketones (excluding diaryl/α,β-unsaturated/α-hetero) is 1. The lowest BCUT2D eigenvalue weighted by Gasteiger charge is -2.11. The number of aromatic amines is 2. The van der Waals surface area contributed by atoms with Gasteiger partial charge < -0.3 is 10.3 Å². The summed E-state index contributed by atoms with van der Waals surface area (Å²) in [6, 6.07) is 8.07. The average Bonchev–Trinajstić information content (AvgIpc) is 3.79. The summed E-state index contributed by atoms with van der Waals surface area (Å²) in [5.74, 6) is 1.52. The van der Waals surface area contributed by atoms with Crippen LogP contribution in [0.3, 0.4) is 0 Å². The molecular weight excluding hydrogens is 530 g/mol. The van der Waals surface area contributed by atoms with Crippen LogP contribution < -0.4 is 5.32 Å². The van der Waals surface area contributed by atoms with Crippen LogP contribution in [-0.4, -0.2) is 42.5 Å². The predicted octanol–water partition coefficient (Wildman–Crippen LogP) is 6.88. The van der Waals surface area contributed by atoms with Crippen molar-refractivity contribution in [3.63, 3.8) is 0 Å². The molecule has 0 radical (unpaired) electrons. The number of fused-ring (bicyclic) bond motifs is 1. The quantitative estimate of drug-likeness (QED) is 0.126. The van der Waals surface area contributed by atoms with Gasteiger partial charge in [-0.2, -0.15) is 5.10 Å². The van der Waals surface area contributed by atoms with Gasteiger partial charge in [-0.05, 0) is 69.0 Å². The summed E-state index contributed by atoms with van der Waals surface area (Å²) in [6.45, 7) is 9.32. The summed E-state index contributed by atoms with van der Waals surface area (Å²) in [5, 5.41) is 12.1. The van der Waals surface area contributed by atoms with Crippen molar-refractivity contribution in [1.29, 1.82) is 0 Å². The maximum absolute atomic E-state index is 11.9. The van der Waals surface area contributed by atoms with Crippen molar-refractivity contribution < 1.29 is 4.79 Å². The molecule has 1 aliphatic carbocycles. The maximum atomic E-state index is 11.9. The van der Waals surface area contributed by atoms with Crippen molar-refractivity contribution in [3.05, 3.63) is 88.3 Å². The van der Waals surface area contributed by atoms with E-state index in [1.54, 1.807) is 13.0 Å². The van der Waals surface area contributed by atoms with Gasteiger partial charge in [-0.25, -0.2) is 9.97 Å². The summed E-state index contributed by atoms with van der Waals surface area (Å²) in [6.07, 6.45) is 14.7. The van der Waals surface area contributed by atoms with Crippen molar-refractivity contribution in [2.75, 3.05) is 6.54 Å². The second-order valence-electron chi connectivity index (χ2n) is 10.7. The molecule has 0 spiro atoms. The number of hydrogen-bond donors (Lipinski definition) is 3. The normalized spacial score (nSPS) is 14.2. The fraction of sp³-hybridized carbons (Fsp3) is 0.281. The molecule has 0 aromatic carbocycles. The van der Waals surface area contributed by atoms with Crippen molar-refractivity contribution in [1.82, 2.24) is 35.5 Å². The highest BCUT2D eigenvalue weighted by Gasteiger charge is 2.20. The number of thiophene rings is 1. The minimum Gasteiger partial charge on any atom is -0.340 e. The van der Waals surface area contributed by atoms with Gasteiger partial charge in [0.15, 0.2) is 17.3 Å². The van der Waals surface area contributed by atoms with Crippen LogP contribution in [0.25, 0.3) is 39.3 Å². The number of rotatable bonds is 10. The van der Waals surface area contributed by atoms with Gasteiger partial charge in [-0.3, -0.25) is 14.9 Å². The first-order valence-electron chi connectivity index (χ1n) is 14.0. The molecule has 9 heteroatoms. The van der Waals surface area contributed by atoms with Crippen LogP contribution in [0.1, 0.15) is 64.1 Å². The number of imidazole rings is 1. The molecule has 5 aromatic heterocycles. The number of carbonyl (C=O) groups is 1. The van der Waals surface area contributed by atoms with E-state index in [0.29, 0.717) is 16.3 Å². The van der Waals surface area contributed by atoms with E-state index in [2.05, 4.69) is 49.2 Å². The topological polar surface area (TPSA) is 112 Å². The van der Waals surface area contributed by atoms with Crippen molar-refractivity contribution >= 4 is 33.7 Å². The third-order valence-corrected chi connectivity index (χ3v) is 8.87. The monoisotopic (exact) mass is 563 g/mol. The van der Waals surface area contributed by atoms with Crippen LogP contribution in [0, 0.1) is 12.8 Å². The van der Waals surface area contributed by atoms with E-state index < -0.39 is 0 Å². The van der Waals surface area contributed by atoms with E-state index in [4.69, 9.17) is 4.98 Å². The molecular formula is C32H33N7OS. The Kier molecular flexibility index (Phi) is 7.71. The maximum Gasteiger partial charge on any atom is 0.181 e. The molecule has 0 bridgehead atoms. The minimum atomic E-state index is 0.0481. The van der Waals surface area contributed by atoms with E-state index in [0.717, 1.165) is 68.6 Å². The van der Waals surface area contributed by atoms with Crippen LogP contribution in [0.2, 0.25) is 0 Å². The molecule has 0 unspecified atom stereocenters. The first-order valence-corrected chi connectivity index (χ1v) is 14.8. The van der Waals surface area contributed by atoms with Gasteiger partial charge in [0.05, 0.1) is 16.0 Å². The Bertz CT molecular complexity index is 1750. The third kappa shape index (κ3) is 5.68. The average molecular weight is 564 g/mol. The number of hydrogen-bond acceptors (Lipinski definition) is 7. The fourth-order valence-electron chi connectivity index (χ4n) is 5.52. The molecule has 41 heavy (non-hydrogen) atoms. The first-order chi connectivity index (χ1) is 20.0. The lowest BCUT2D eigenvalue weighted by molar-refractivity contribution is 0.102. The SMILES string of the molecule is C=C/C=C(/c1ccc(C(C)=O)s1)c1nc(-c2[nH]nc3ncc(-c4cncc(CNCC5CCCC5)c4)cc23)[nH]c1C. The number of nitrogens with one attached hydrogen (secondary N) is 3. The molecule has 1 saturated carbocycles. The van der Waals surface area contributed by atoms with Gasteiger partial charge in [0.2, 0.25) is 0 Å². The Morgan fingerprint density at radius 3 is 2.73 bits per heavy atom. The molecule has 0 atom stereocenters. The number of ketones is 1. The van der Waals surface area contributed by atoms with Crippen LogP contribution >= 0.6 is 11.3 Å². The Morgan fingerprint density at radius 1 is 1.15 bits per heavy atom. The Labute approximate surface area is 243 Å². The largest absolute Gasteiger partial charge is 0.340 e. The summed E-state index contributed by atoms with van der Waals surface area (Å²) in [5.41, 5.74) is 7.12. The van der Waals surface area contributed by atoms with Gasteiger partial charge in [0.25, 0.3) is 0 Å². The standard InChI is InChI=1S/C32H33N7OS/c1-4-7-25(28-11-10-27(41-28)20(3)40)29-19(2)36-32(37-29)30-26-13-24(18-35-31(26)39-38-30)23-12-22(16-34-17-23)15-33-14-21-8-5-6-9-21/h4,7,10-13,16-18,21,33H,1,5-6,8-9,14-15H2,2-3H3,(H,36,37)(H,35,38,39)/b25-7-. The molecule has 1 fully saturated rings. The van der Waals surface area contributed by atoms with E-state index in [-0.39, 0.29) is 5.78 Å². The highest BCUT2D eigenvalue weighted by molar-refractivity contribution is 7.15. The summed E-state index contributed by atoms with van der Waals surface area (Å²) < 4.78 is 0.